The highest BCUT2D eigenvalue weighted by molar-refractivity contribution is 5.82. The molecule has 2 heteroatoms. The lowest BCUT2D eigenvalue weighted by atomic mass is 9.89. The second-order valence-corrected chi connectivity index (χ2v) is 18.1. The third-order valence-corrected chi connectivity index (χ3v) is 12.8. The van der Waals surface area contributed by atoms with E-state index in [1.165, 1.54) is 107 Å². The van der Waals surface area contributed by atoms with Crippen molar-refractivity contribution in [2.75, 3.05) is 9.80 Å². The van der Waals surface area contributed by atoms with Crippen molar-refractivity contribution in [3.8, 4) is 11.1 Å². The molecule has 0 saturated carbocycles. The Kier molecular flexibility index (Phi) is 20.0. The Hall–Kier alpha value is -6.12. The molecular formula is C64H76N2. The van der Waals surface area contributed by atoms with Crippen LogP contribution in [0.5, 0.6) is 0 Å². The fraction of sp³-hybridized carbons (Fsp3) is 0.312. The molecule has 0 aromatic heterocycles. The van der Waals surface area contributed by atoms with Crippen LogP contribution in [0.2, 0.25) is 0 Å². The lowest BCUT2D eigenvalue weighted by molar-refractivity contribution is 0.662. The number of unbranched alkanes of at least 4 members (excludes halogenated alkanes) is 8. The molecule has 0 atom stereocenters. The maximum Gasteiger partial charge on any atom is 0.0464 e. The van der Waals surface area contributed by atoms with Gasteiger partial charge in [-0.25, -0.2) is 0 Å². The lowest BCUT2D eigenvalue weighted by Gasteiger charge is -2.29. The Labute approximate surface area is 400 Å². The van der Waals surface area contributed by atoms with Gasteiger partial charge in [-0.15, -0.1) is 0 Å². The molecule has 0 saturated heterocycles. The SMILES string of the molecule is C=C/C=C/CCCc1cccc(N(c2ccc(C)cc2)c2ccc(N(c3ccc(-c4cc(CCCCCC)c(C)cc4CCCCCC)cc3)c3cccc(CCC/C=C/C=C)c3)cc2)c1. The number of allylic oxidation sites excluding steroid dienone is 6. The van der Waals surface area contributed by atoms with Crippen molar-refractivity contribution in [3.63, 3.8) is 0 Å². The summed E-state index contributed by atoms with van der Waals surface area (Å²) in [4.78, 5) is 4.83. The molecule has 0 bridgehead atoms. The lowest BCUT2D eigenvalue weighted by Crippen LogP contribution is -2.12. The second-order valence-electron chi connectivity index (χ2n) is 18.1. The van der Waals surface area contributed by atoms with Crippen molar-refractivity contribution in [2.24, 2.45) is 0 Å². The van der Waals surface area contributed by atoms with Gasteiger partial charge in [-0.1, -0.05) is 168 Å². The summed E-state index contributed by atoms with van der Waals surface area (Å²) < 4.78 is 0. The largest absolute Gasteiger partial charge is 0.310 e. The number of hydrogen-bond donors (Lipinski definition) is 0. The summed E-state index contributed by atoms with van der Waals surface area (Å²) in [6, 6.07) is 50.7. The molecule has 0 aliphatic carbocycles. The molecule has 0 heterocycles. The molecule has 6 rings (SSSR count). The van der Waals surface area contributed by atoms with Gasteiger partial charge in [0.25, 0.3) is 0 Å². The van der Waals surface area contributed by atoms with Crippen molar-refractivity contribution in [1.82, 2.24) is 0 Å². The smallest absolute Gasteiger partial charge is 0.0464 e. The van der Waals surface area contributed by atoms with Crippen molar-refractivity contribution in [3.05, 3.63) is 216 Å². The molecule has 0 radical (unpaired) electrons. The summed E-state index contributed by atoms with van der Waals surface area (Å²) in [5.41, 5.74) is 18.0. The minimum Gasteiger partial charge on any atom is -0.310 e. The van der Waals surface area contributed by atoms with Crippen LogP contribution >= 0.6 is 0 Å². The van der Waals surface area contributed by atoms with Crippen molar-refractivity contribution < 1.29 is 0 Å². The molecule has 0 fully saturated rings. The van der Waals surface area contributed by atoms with E-state index in [4.69, 9.17) is 0 Å². The topological polar surface area (TPSA) is 6.48 Å². The van der Waals surface area contributed by atoms with Gasteiger partial charge in [0.1, 0.15) is 0 Å². The molecule has 0 aliphatic rings. The van der Waals surface area contributed by atoms with Crippen LogP contribution in [-0.4, -0.2) is 0 Å². The van der Waals surface area contributed by atoms with Crippen molar-refractivity contribution >= 4 is 34.1 Å². The fourth-order valence-electron chi connectivity index (χ4n) is 9.11. The van der Waals surface area contributed by atoms with E-state index in [1.54, 1.807) is 0 Å². The number of aryl methyl sites for hydroxylation is 6. The van der Waals surface area contributed by atoms with E-state index >= 15 is 0 Å². The van der Waals surface area contributed by atoms with Gasteiger partial charge in [0.15, 0.2) is 0 Å². The van der Waals surface area contributed by atoms with Crippen LogP contribution in [0.1, 0.15) is 124 Å². The van der Waals surface area contributed by atoms with Crippen LogP contribution in [0.15, 0.2) is 183 Å². The number of benzene rings is 6. The Morgan fingerprint density at radius 3 is 1.35 bits per heavy atom. The molecule has 6 aromatic carbocycles. The van der Waals surface area contributed by atoms with Gasteiger partial charge >= 0.3 is 0 Å². The van der Waals surface area contributed by atoms with Crippen LogP contribution in [0, 0.1) is 13.8 Å². The van der Waals surface area contributed by atoms with Gasteiger partial charge in [0, 0.05) is 34.1 Å². The summed E-state index contributed by atoms with van der Waals surface area (Å²) in [5, 5.41) is 0. The molecule has 0 unspecified atom stereocenters. The van der Waals surface area contributed by atoms with Gasteiger partial charge in [0.05, 0.1) is 0 Å². The zero-order valence-electron chi connectivity index (χ0n) is 40.8. The van der Waals surface area contributed by atoms with Crippen LogP contribution in [0.3, 0.4) is 0 Å². The summed E-state index contributed by atoms with van der Waals surface area (Å²) in [6.07, 6.45) is 31.0. The first-order valence-electron chi connectivity index (χ1n) is 25.1. The molecule has 66 heavy (non-hydrogen) atoms. The molecule has 0 N–H and O–H groups in total. The van der Waals surface area contributed by atoms with Gasteiger partial charge in [0.2, 0.25) is 0 Å². The first kappa shape index (κ1) is 49.3. The van der Waals surface area contributed by atoms with E-state index in [2.05, 4.69) is 196 Å². The summed E-state index contributed by atoms with van der Waals surface area (Å²) in [5.74, 6) is 0. The summed E-state index contributed by atoms with van der Waals surface area (Å²) in [6.45, 7) is 16.7. The Morgan fingerprint density at radius 2 is 0.879 bits per heavy atom. The molecule has 6 aromatic rings. The molecule has 0 amide bonds. The highest BCUT2D eigenvalue weighted by Crippen LogP contribution is 2.41. The van der Waals surface area contributed by atoms with E-state index in [9.17, 15) is 0 Å². The highest BCUT2D eigenvalue weighted by Gasteiger charge is 2.18. The molecular weight excluding hydrogens is 797 g/mol. The predicted octanol–water partition coefficient (Wildman–Crippen LogP) is 19.3. The zero-order valence-corrected chi connectivity index (χ0v) is 40.8. The minimum absolute atomic E-state index is 1.02. The van der Waals surface area contributed by atoms with Crippen LogP contribution in [0.25, 0.3) is 11.1 Å². The van der Waals surface area contributed by atoms with Gasteiger partial charge < -0.3 is 9.80 Å². The van der Waals surface area contributed by atoms with Crippen LogP contribution in [-0.2, 0) is 25.7 Å². The van der Waals surface area contributed by atoms with Gasteiger partial charge in [-0.05, 0) is 190 Å². The van der Waals surface area contributed by atoms with Crippen LogP contribution in [0.4, 0.5) is 34.1 Å². The molecule has 0 aliphatic heterocycles. The van der Waals surface area contributed by atoms with Crippen molar-refractivity contribution in [2.45, 2.75) is 130 Å². The minimum atomic E-state index is 1.02. The average molecular weight is 873 g/mol. The maximum atomic E-state index is 3.84. The standard InChI is InChI=1S/C64H76N2/c1-7-11-15-19-21-27-53-29-25-33-62(48-53)65(58-39-35-51(5)36-40-58)60-43-45-61(46-44-60)66(63-34-26-30-54(49-63)28-22-20-16-12-8-2)59-41-37-55(38-42-59)64-50-56(31-23-17-13-9-3)52(6)47-57(64)32-24-18-14-10-4/h7-8,11-12,15-16,25-26,29-30,33-50H,1-2,9-10,13-14,17-24,27-28,31-32H2,3-6H3/b15-11+,16-12+. The molecule has 2 nitrogen and oxygen atoms in total. The first-order valence-corrected chi connectivity index (χ1v) is 25.1. The van der Waals surface area contributed by atoms with Gasteiger partial charge in [-0.2, -0.15) is 0 Å². The van der Waals surface area contributed by atoms with Crippen LogP contribution < -0.4 is 9.80 Å². The maximum absolute atomic E-state index is 3.84. The normalized spacial score (nSPS) is 11.4. The third kappa shape index (κ3) is 14.4. The van der Waals surface area contributed by atoms with E-state index in [0.29, 0.717) is 0 Å². The number of rotatable bonds is 27. The molecule has 342 valence electrons. The number of hydrogen-bond acceptors (Lipinski definition) is 2. The third-order valence-electron chi connectivity index (χ3n) is 12.8. The van der Waals surface area contributed by atoms with Crippen molar-refractivity contribution in [1.29, 1.82) is 0 Å². The van der Waals surface area contributed by atoms with E-state index in [-0.39, 0.29) is 0 Å². The zero-order chi connectivity index (χ0) is 46.4. The predicted molar refractivity (Wildman–Crippen MR) is 291 cm³/mol. The van der Waals surface area contributed by atoms with E-state index in [0.717, 1.165) is 74.1 Å². The number of anilines is 6. The Bertz CT molecular complexity index is 2450. The highest BCUT2D eigenvalue weighted by atomic mass is 15.2. The Balaban J connectivity index is 1.38. The number of nitrogens with zero attached hydrogens (tertiary/aromatic N) is 2. The molecule has 0 spiro atoms. The van der Waals surface area contributed by atoms with E-state index in [1.807, 2.05) is 24.3 Å². The monoisotopic (exact) mass is 873 g/mol. The van der Waals surface area contributed by atoms with E-state index < -0.39 is 0 Å². The fourth-order valence-corrected chi connectivity index (χ4v) is 9.11. The first-order chi connectivity index (χ1) is 32.4. The second kappa shape index (κ2) is 26.7. The summed E-state index contributed by atoms with van der Waals surface area (Å²) >= 11 is 0. The quantitative estimate of drug-likeness (QED) is 0.0376. The van der Waals surface area contributed by atoms with Gasteiger partial charge in [-0.3, -0.25) is 0 Å². The Morgan fingerprint density at radius 1 is 0.424 bits per heavy atom. The average Bonchev–Trinajstić information content (AvgIpc) is 3.34. The summed E-state index contributed by atoms with van der Waals surface area (Å²) in [7, 11) is 0.